The largest absolute Gasteiger partial charge is 0.315 e. The second-order valence-electron chi connectivity index (χ2n) is 7.36. The van der Waals surface area contributed by atoms with Gasteiger partial charge in [0.05, 0.1) is 24.0 Å². The number of nitrogens with zero attached hydrogens (tertiary/aromatic N) is 2. The van der Waals surface area contributed by atoms with Crippen LogP contribution in [-0.2, 0) is 21.1 Å². The number of amidine groups is 1. The van der Waals surface area contributed by atoms with E-state index in [1.807, 2.05) is 67.3 Å². The smallest absolute Gasteiger partial charge is 0.252 e. The normalized spacial score (nSPS) is 24.5. The van der Waals surface area contributed by atoms with Crippen LogP contribution in [0.5, 0.6) is 0 Å². The molecule has 2 atom stereocenters. The summed E-state index contributed by atoms with van der Waals surface area (Å²) in [5.74, 6) is 0.0211. The van der Waals surface area contributed by atoms with Crippen LogP contribution in [0, 0.1) is 13.8 Å². The van der Waals surface area contributed by atoms with Crippen LogP contribution in [0.1, 0.15) is 16.7 Å². The van der Waals surface area contributed by atoms with Crippen molar-refractivity contribution in [2.24, 2.45) is 4.99 Å². The van der Waals surface area contributed by atoms with E-state index in [0.717, 1.165) is 22.4 Å². The van der Waals surface area contributed by atoms with Gasteiger partial charge in [0.25, 0.3) is 5.91 Å². The molecule has 0 spiro atoms. The van der Waals surface area contributed by atoms with Crippen molar-refractivity contribution >= 4 is 38.4 Å². The average Bonchev–Trinajstić information content (AvgIpc) is 3.07. The van der Waals surface area contributed by atoms with Gasteiger partial charge in [-0.1, -0.05) is 60.3 Å². The number of fused-ring (bicyclic) bond motifs is 1. The summed E-state index contributed by atoms with van der Waals surface area (Å²) >= 11 is 1.42. The van der Waals surface area contributed by atoms with Crippen molar-refractivity contribution in [2.75, 3.05) is 16.4 Å². The Balaban J connectivity index is 1.71. The Kier molecular flexibility index (Phi) is 5.05. The molecule has 2 aromatic rings. The predicted molar refractivity (Wildman–Crippen MR) is 115 cm³/mol. The van der Waals surface area contributed by atoms with Crippen molar-refractivity contribution in [3.8, 4) is 0 Å². The van der Waals surface area contributed by atoms with Crippen LogP contribution in [0.2, 0.25) is 0 Å². The molecule has 2 fully saturated rings. The number of sulfone groups is 1. The number of thioether (sulfide) groups is 1. The lowest BCUT2D eigenvalue weighted by Gasteiger charge is -2.28. The molecule has 2 aromatic carbocycles. The molecule has 7 heteroatoms. The van der Waals surface area contributed by atoms with Crippen LogP contribution < -0.4 is 4.90 Å². The molecule has 5 nitrogen and oxygen atoms in total. The van der Waals surface area contributed by atoms with Crippen molar-refractivity contribution in [1.29, 1.82) is 0 Å². The van der Waals surface area contributed by atoms with Gasteiger partial charge in [0.2, 0.25) is 0 Å². The first-order valence-corrected chi connectivity index (χ1v) is 11.9. The van der Waals surface area contributed by atoms with Gasteiger partial charge in [-0.05, 0) is 30.5 Å². The predicted octanol–water partition coefficient (Wildman–Crippen LogP) is 3.15. The van der Waals surface area contributed by atoms with Crippen LogP contribution in [0.4, 0.5) is 5.69 Å². The van der Waals surface area contributed by atoms with E-state index in [9.17, 15) is 13.2 Å². The van der Waals surface area contributed by atoms with Gasteiger partial charge >= 0.3 is 0 Å². The second kappa shape index (κ2) is 7.37. The minimum Gasteiger partial charge on any atom is -0.315 e. The summed E-state index contributed by atoms with van der Waals surface area (Å²) in [5, 5.41) is 0.524. The van der Waals surface area contributed by atoms with Gasteiger partial charge in [0, 0.05) is 10.9 Å². The Labute approximate surface area is 169 Å². The Morgan fingerprint density at radius 3 is 2.43 bits per heavy atom. The standard InChI is InChI=1S/C21H22N2O3S2/c1-14-7-6-8-15(2)20(14)23-17-12-28(25,26)13-18(17)27-21(23)22-19(24)11-16-9-4-3-5-10-16/h3-10,17-18H,11-13H2,1-2H3/t17-,18-/m0/s1. The van der Waals surface area contributed by atoms with Crippen molar-refractivity contribution in [3.63, 3.8) is 0 Å². The number of benzene rings is 2. The topological polar surface area (TPSA) is 66.8 Å². The third kappa shape index (κ3) is 3.73. The number of hydrogen-bond acceptors (Lipinski definition) is 4. The minimum absolute atomic E-state index is 0.0905. The lowest BCUT2D eigenvalue weighted by Crippen LogP contribution is -2.38. The zero-order valence-electron chi connectivity index (χ0n) is 15.8. The zero-order valence-corrected chi connectivity index (χ0v) is 17.5. The van der Waals surface area contributed by atoms with E-state index >= 15 is 0 Å². The van der Waals surface area contributed by atoms with Crippen molar-refractivity contribution in [2.45, 2.75) is 31.6 Å². The van der Waals surface area contributed by atoms with E-state index < -0.39 is 9.84 Å². The van der Waals surface area contributed by atoms with Gasteiger partial charge in [-0.25, -0.2) is 8.42 Å². The number of amides is 1. The molecule has 0 aliphatic carbocycles. The van der Waals surface area contributed by atoms with Gasteiger partial charge < -0.3 is 4.90 Å². The average molecular weight is 415 g/mol. The third-order valence-corrected chi connectivity index (χ3v) is 8.38. The number of hydrogen-bond donors (Lipinski definition) is 0. The van der Waals surface area contributed by atoms with Crippen LogP contribution >= 0.6 is 11.8 Å². The zero-order chi connectivity index (χ0) is 19.9. The maximum absolute atomic E-state index is 12.6. The molecule has 2 saturated heterocycles. The van der Waals surface area contributed by atoms with Gasteiger partial charge in [0.1, 0.15) is 0 Å². The minimum atomic E-state index is -3.07. The van der Waals surface area contributed by atoms with Crippen molar-refractivity contribution in [1.82, 2.24) is 0 Å². The molecule has 1 amide bonds. The van der Waals surface area contributed by atoms with Gasteiger partial charge in [-0.3, -0.25) is 4.79 Å². The molecule has 0 radical (unpaired) electrons. The van der Waals surface area contributed by atoms with Gasteiger partial charge in [-0.2, -0.15) is 4.99 Å². The Hall–Kier alpha value is -2.12. The molecule has 2 aliphatic heterocycles. The summed E-state index contributed by atoms with van der Waals surface area (Å²) in [6.07, 6.45) is 0.235. The number of rotatable bonds is 3. The highest BCUT2D eigenvalue weighted by atomic mass is 32.2. The molecular weight excluding hydrogens is 392 g/mol. The summed E-state index contributed by atoms with van der Waals surface area (Å²) in [4.78, 5) is 19.0. The number of anilines is 1. The van der Waals surface area contributed by atoms with Crippen LogP contribution in [0.25, 0.3) is 0 Å². The quantitative estimate of drug-likeness (QED) is 0.772. The monoisotopic (exact) mass is 414 g/mol. The highest BCUT2D eigenvalue weighted by Gasteiger charge is 2.49. The van der Waals surface area contributed by atoms with Gasteiger partial charge in [-0.15, -0.1) is 0 Å². The van der Waals surface area contributed by atoms with Gasteiger partial charge in [0.15, 0.2) is 15.0 Å². The van der Waals surface area contributed by atoms with Crippen LogP contribution in [0.3, 0.4) is 0 Å². The molecule has 4 rings (SSSR count). The number of carbonyl (C=O) groups is 1. The van der Waals surface area contributed by atoms with E-state index in [1.54, 1.807) is 0 Å². The fraction of sp³-hybridized carbons (Fsp3) is 0.333. The first-order chi connectivity index (χ1) is 13.3. The summed E-state index contributed by atoms with van der Waals surface area (Å²) in [5.41, 5.74) is 3.98. The van der Waals surface area contributed by atoms with Crippen molar-refractivity contribution in [3.05, 3.63) is 65.2 Å². The fourth-order valence-corrected chi connectivity index (χ4v) is 7.85. The summed E-state index contributed by atoms with van der Waals surface area (Å²) in [6, 6.07) is 15.3. The molecular formula is C21H22N2O3S2. The Morgan fingerprint density at radius 1 is 1.07 bits per heavy atom. The molecule has 2 aliphatic rings. The van der Waals surface area contributed by atoms with E-state index in [4.69, 9.17) is 0 Å². The number of carbonyl (C=O) groups excluding carboxylic acids is 1. The maximum Gasteiger partial charge on any atom is 0.252 e. The molecule has 28 heavy (non-hydrogen) atoms. The first kappa shape index (κ1) is 19.2. The summed E-state index contributed by atoms with van der Waals surface area (Å²) in [7, 11) is -3.07. The molecule has 0 saturated carbocycles. The SMILES string of the molecule is Cc1cccc(C)c1N1C(=NC(=O)Cc2ccccc2)S[C@H]2CS(=O)(=O)C[C@@H]21. The van der Waals surface area contributed by atoms with E-state index in [1.165, 1.54) is 11.8 Å². The fourth-order valence-electron chi connectivity index (χ4n) is 3.93. The molecule has 0 N–H and O–H groups in total. The van der Waals surface area contributed by atoms with E-state index in [0.29, 0.717) is 5.17 Å². The molecule has 0 aromatic heterocycles. The Bertz CT molecular complexity index is 1030. The lowest BCUT2D eigenvalue weighted by molar-refractivity contribution is -0.117. The molecule has 146 valence electrons. The number of aliphatic imine (C=N–C) groups is 1. The lowest BCUT2D eigenvalue weighted by atomic mass is 10.1. The van der Waals surface area contributed by atoms with Crippen LogP contribution in [0.15, 0.2) is 53.5 Å². The highest BCUT2D eigenvalue weighted by molar-refractivity contribution is 8.16. The summed E-state index contributed by atoms with van der Waals surface area (Å²) in [6.45, 7) is 4.01. The van der Waals surface area contributed by atoms with Crippen molar-refractivity contribution < 1.29 is 13.2 Å². The molecule has 0 unspecified atom stereocenters. The highest BCUT2D eigenvalue weighted by Crippen LogP contribution is 2.43. The third-order valence-electron chi connectivity index (χ3n) is 5.17. The maximum atomic E-state index is 12.6. The number of para-hydroxylation sites is 1. The first-order valence-electron chi connectivity index (χ1n) is 9.22. The number of aryl methyl sites for hydroxylation is 2. The van der Waals surface area contributed by atoms with Crippen LogP contribution in [-0.4, -0.2) is 42.3 Å². The molecule has 0 bridgehead atoms. The second-order valence-corrected chi connectivity index (χ2v) is 10.7. The Morgan fingerprint density at radius 2 is 1.75 bits per heavy atom. The van der Waals surface area contributed by atoms with E-state index in [2.05, 4.69) is 4.99 Å². The summed E-state index contributed by atoms with van der Waals surface area (Å²) < 4.78 is 24.4. The van der Waals surface area contributed by atoms with E-state index in [-0.39, 0.29) is 35.1 Å². The molecule has 2 heterocycles.